The summed E-state index contributed by atoms with van der Waals surface area (Å²) in [6.45, 7) is 0. The lowest BCUT2D eigenvalue weighted by atomic mass is 9.98. The van der Waals surface area contributed by atoms with Gasteiger partial charge in [-0.15, -0.1) is 0 Å². The molecule has 0 spiro atoms. The number of carbonyl (C=O) groups is 4. The molecule has 0 atom stereocenters. The van der Waals surface area contributed by atoms with Crippen LogP contribution >= 0.6 is 0 Å². The van der Waals surface area contributed by atoms with Crippen molar-refractivity contribution in [1.29, 1.82) is 0 Å². The van der Waals surface area contributed by atoms with Gasteiger partial charge in [0.05, 0.1) is 0 Å². The molecule has 6 aromatic carbocycles. The molecule has 0 unspecified atom stereocenters. The number of carbonyl (C=O) groups excluding carboxylic acids is 4. The van der Waals surface area contributed by atoms with Crippen LogP contribution in [-0.2, 0) is 0 Å². The van der Waals surface area contributed by atoms with Crippen molar-refractivity contribution in [2.75, 3.05) is 22.9 Å². The Bertz CT molecular complexity index is 1950. The summed E-state index contributed by atoms with van der Waals surface area (Å²) in [4.78, 5) is 49.7. The molecular formula is C40H32N4O4. The molecule has 0 fully saturated rings. The van der Waals surface area contributed by atoms with Gasteiger partial charge < -0.3 is 22.9 Å². The summed E-state index contributed by atoms with van der Waals surface area (Å²) < 4.78 is 0. The Morgan fingerprint density at radius 1 is 0.271 bits per heavy atom. The summed E-state index contributed by atoms with van der Waals surface area (Å²) in [6, 6.07) is 40.3. The smallest absolute Gasteiger partial charge is 0.193 e. The van der Waals surface area contributed by atoms with E-state index in [0.29, 0.717) is 67.3 Å². The molecule has 0 amide bonds. The lowest BCUT2D eigenvalue weighted by Crippen LogP contribution is -2.05. The van der Waals surface area contributed by atoms with Gasteiger partial charge in [0.2, 0.25) is 0 Å². The summed E-state index contributed by atoms with van der Waals surface area (Å²) in [5, 5.41) is 0. The van der Waals surface area contributed by atoms with Crippen LogP contribution in [0, 0.1) is 0 Å². The van der Waals surface area contributed by atoms with Crippen LogP contribution in [0.15, 0.2) is 146 Å². The average molecular weight is 633 g/mol. The quantitative estimate of drug-likeness (QED) is 0.107. The molecule has 0 saturated heterocycles. The largest absolute Gasteiger partial charge is 0.399 e. The summed E-state index contributed by atoms with van der Waals surface area (Å²) in [5.74, 6) is -0.488. The number of anilines is 4. The lowest BCUT2D eigenvalue weighted by Gasteiger charge is -2.05. The first kappa shape index (κ1) is 32.6. The van der Waals surface area contributed by atoms with Crippen LogP contribution < -0.4 is 22.9 Å². The maximum Gasteiger partial charge on any atom is 0.193 e. The van der Waals surface area contributed by atoms with E-state index in [2.05, 4.69) is 0 Å². The highest BCUT2D eigenvalue weighted by molar-refractivity contribution is 6.13. The monoisotopic (exact) mass is 632 g/mol. The van der Waals surface area contributed by atoms with Gasteiger partial charge in [-0.3, -0.25) is 19.2 Å². The third-order valence-electron chi connectivity index (χ3n) is 7.46. The molecule has 0 aliphatic rings. The van der Waals surface area contributed by atoms with E-state index in [1.807, 2.05) is 0 Å². The highest BCUT2D eigenvalue weighted by atomic mass is 16.1. The maximum atomic E-state index is 12.4. The SMILES string of the molecule is Nc1ccc(C(=O)c2ccc(C(=O)c3ccc(N)cc3)cc2)cc1.Nc1cccc(C(=O)c2ccc(C(=O)c3cccc(N)c3)cc2)c1. The van der Waals surface area contributed by atoms with Gasteiger partial charge >= 0.3 is 0 Å². The number of hydrogen-bond donors (Lipinski definition) is 4. The minimum Gasteiger partial charge on any atom is -0.399 e. The van der Waals surface area contributed by atoms with Crippen LogP contribution in [0.1, 0.15) is 63.7 Å². The molecule has 0 radical (unpaired) electrons. The van der Waals surface area contributed by atoms with E-state index in [1.54, 1.807) is 146 Å². The fraction of sp³-hybridized carbons (Fsp3) is 0. The zero-order valence-electron chi connectivity index (χ0n) is 25.8. The Morgan fingerprint density at radius 3 is 0.750 bits per heavy atom. The van der Waals surface area contributed by atoms with Gasteiger partial charge in [-0.05, 0) is 72.8 Å². The van der Waals surface area contributed by atoms with Crippen molar-refractivity contribution in [3.05, 3.63) is 190 Å². The van der Waals surface area contributed by atoms with Crippen molar-refractivity contribution in [3.8, 4) is 0 Å². The first-order chi connectivity index (χ1) is 23.1. The van der Waals surface area contributed by atoms with Crippen LogP contribution in [0.3, 0.4) is 0 Å². The molecule has 8 nitrogen and oxygen atoms in total. The Hall–Kier alpha value is -6.80. The standard InChI is InChI=1S/2C20H16N2O2/c21-17-5-1-3-15(11-17)19(23)13-7-9-14(10-8-13)20(24)16-4-2-6-18(22)12-16;21-17-9-5-15(6-10-17)19(23)13-1-2-14(4-3-13)20(24)16-7-11-18(22)12-8-16/h2*1-12H,21-22H2. The first-order valence-corrected chi connectivity index (χ1v) is 14.9. The molecule has 0 aromatic heterocycles. The van der Waals surface area contributed by atoms with Gasteiger partial charge in [-0.1, -0.05) is 72.8 Å². The Balaban J connectivity index is 0.000000188. The second kappa shape index (κ2) is 14.5. The summed E-state index contributed by atoms with van der Waals surface area (Å²) >= 11 is 0. The fourth-order valence-corrected chi connectivity index (χ4v) is 4.84. The highest BCUT2D eigenvalue weighted by Gasteiger charge is 2.14. The Kier molecular flexibility index (Phi) is 9.87. The van der Waals surface area contributed by atoms with Gasteiger partial charge in [0.15, 0.2) is 23.1 Å². The van der Waals surface area contributed by atoms with E-state index in [-0.39, 0.29) is 23.1 Å². The van der Waals surface area contributed by atoms with E-state index >= 15 is 0 Å². The van der Waals surface area contributed by atoms with Crippen LogP contribution in [0.25, 0.3) is 0 Å². The van der Waals surface area contributed by atoms with Gasteiger partial charge in [-0.2, -0.15) is 0 Å². The normalized spacial score (nSPS) is 10.3. The number of hydrogen-bond acceptors (Lipinski definition) is 8. The molecule has 236 valence electrons. The van der Waals surface area contributed by atoms with E-state index < -0.39 is 0 Å². The number of benzene rings is 6. The molecule has 0 heterocycles. The van der Waals surface area contributed by atoms with Crippen molar-refractivity contribution in [2.45, 2.75) is 0 Å². The van der Waals surface area contributed by atoms with Gasteiger partial charge in [0, 0.05) is 67.3 Å². The second-order valence-electron chi connectivity index (χ2n) is 11.0. The number of ketones is 4. The molecule has 0 bridgehead atoms. The van der Waals surface area contributed by atoms with Crippen LogP contribution in [-0.4, -0.2) is 23.1 Å². The van der Waals surface area contributed by atoms with E-state index in [1.165, 1.54) is 0 Å². The minimum absolute atomic E-state index is 0.110. The highest BCUT2D eigenvalue weighted by Crippen LogP contribution is 2.18. The third kappa shape index (κ3) is 7.88. The Labute approximate surface area is 277 Å². The van der Waals surface area contributed by atoms with E-state index in [4.69, 9.17) is 22.9 Å². The first-order valence-electron chi connectivity index (χ1n) is 14.9. The lowest BCUT2D eigenvalue weighted by molar-refractivity contribution is 0.102. The van der Waals surface area contributed by atoms with Crippen molar-refractivity contribution in [2.24, 2.45) is 0 Å². The predicted molar refractivity (Wildman–Crippen MR) is 190 cm³/mol. The van der Waals surface area contributed by atoms with Crippen molar-refractivity contribution >= 4 is 45.9 Å². The number of rotatable bonds is 8. The van der Waals surface area contributed by atoms with Gasteiger partial charge in [-0.25, -0.2) is 0 Å². The van der Waals surface area contributed by atoms with E-state index in [9.17, 15) is 19.2 Å². The van der Waals surface area contributed by atoms with Gasteiger partial charge in [0.1, 0.15) is 0 Å². The third-order valence-corrected chi connectivity index (χ3v) is 7.46. The predicted octanol–water partition coefficient (Wildman–Crippen LogP) is 6.63. The van der Waals surface area contributed by atoms with Crippen LogP contribution in [0.4, 0.5) is 22.7 Å². The van der Waals surface area contributed by atoms with Crippen molar-refractivity contribution in [3.63, 3.8) is 0 Å². The van der Waals surface area contributed by atoms with Crippen molar-refractivity contribution < 1.29 is 19.2 Å². The molecule has 6 rings (SSSR count). The van der Waals surface area contributed by atoms with Crippen LogP contribution in [0.5, 0.6) is 0 Å². The molecule has 6 aromatic rings. The van der Waals surface area contributed by atoms with Crippen LogP contribution in [0.2, 0.25) is 0 Å². The number of nitrogens with two attached hydrogens (primary N) is 4. The number of nitrogen functional groups attached to an aromatic ring is 4. The molecule has 0 aliphatic carbocycles. The average Bonchev–Trinajstić information content (AvgIpc) is 3.11. The fourth-order valence-electron chi connectivity index (χ4n) is 4.84. The molecule has 8 heteroatoms. The zero-order chi connectivity index (χ0) is 34.2. The molecule has 0 aliphatic heterocycles. The summed E-state index contributed by atoms with van der Waals surface area (Å²) in [7, 11) is 0. The molecule has 48 heavy (non-hydrogen) atoms. The van der Waals surface area contributed by atoms with Gasteiger partial charge in [0.25, 0.3) is 0 Å². The van der Waals surface area contributed by atoms with Crippen molar-refractivity contribution in [1.82, 2.24) is 0 Å². The summed E-state index contributed by atoms with van der Waals surface area (Å²) in [5.41, 5.74) is 29.2. The zero-order valence-corrected chi connectivity index (χ0v) is 25.8. The minimum atomic E-state index is -0.134. The molecular weight excluding hydrogens is 600 g/mol. The van der Waals surface area contributed by atoms with E-state index in [0.717, 1.165) is 0 Å². The maximum absolute atomic E-state index is 12.4. The summed E-state index contributed by atoms with van der Waals surface area (Å²) in [6.07, 6.45) is 0. The topological polar surface area (TPSA) is 172 Å². The molecule has 8 N–H and O–H groups in total. The Morgan fingerprint density at radius 2 is 0.500 bits per heavy atom. The second-order valence-corrected chi connectivity index (χ2v) is 11.0. The molecule has 0 saturated carbocycles.